The lowest BCUT2D eigenvalue weighted by Gasteiger charge is -2.30. The SMILES string of the molecule is CC(=O)N1CCCN(C(C)C)CCN(C(=O)c2noc3c2CCCCC3)Cc2ccc(F)cc21. The molecular formula is C26H35FN4O3. The van der Waals surface area contributed by atoms with Crippen molar-refractivity contribution in [2.24, 2.45) is 0 Å². The number of amides is 2. The number of nitrogens with zero attached hydrogens (tertiary/aromatic N) is 4. The Kier molecular flexibility index (Phi) is 7.66. The van der Waals surface area contributed by atoms with E-state index in [1.807, 2.05) is 0 Å². The van der Waals surface area contributed by atoms with Gasteiger partial charge in [-0.2, -0.15) is 0 Å². The van der Waals surface area contributed by atoms with Crippen LogP contribution in [0, 0.1) is 5.82 Å². The van der Waals surface area contributed by atoms with Crippen LogP contribution in [0.15, 0.2) is 22.7 Å². The van der Waals surface area contributed by atoms with Crippen LogP contribution >= 0.6 is 0 Å². The predicted octanol–water partition coefficient (Wildman–Crippen LogP) is 4.19. The Morgan fingerprint density at radius 1 is 1.03 bits per heavy atom. The highest BCUT2D eigenvalue weighted by Gasteiger charge is 2.29. The molecule has 1 aromatic heterocycles. The summed E-state index contributed by atoms with van der Waals surface area (Å²) in [7, 11) is 0. The summed E-state index contributed by atoms with van der Waals surface area (Å²) in [5.74, 6) is 0.123. The molecule has 1 aliphatic carbocycles. The van der Waals surface area contributed by atoms with Gasteiger partial charge in [0.05, 0.1) is 5.69 Å². The van der Waals surface area contributed by atoms with Crippen molar-refractivity contribution in [3.8, 4) is 0 Å². The maximum absolute atomic E-state index is 14.3. The highest BCUT2D eigenvalue weighted by atomic mass is 19.1. The topological polar surface area (TPSA) is 69.9 Å². The molecule has 0 atom stereocenters. The summed E-state index contributed by atoms with van der Waals surface area (Å²) in [5, 5.41) is 4.19. The summed E-state index contributed by atoms with van der Waals surface area (Å²) in [6, 6.07) is 4.77. The Labute approximate surface area is 200 Å². The first-order chi connectivity index (χ1) is 16.3. The fraction of sp³-hybridized carbons (Fsp3) is 0.577. The van der Waals surface area contributed by atoms with E-state index in [1.165, 1.54) is 19.1 Å². The molecule has 2 aromatic rings. The number of anilines is 1. The lowest BCUT2D eigenvalue weighted by Crippen LogP contribution is -2.41. The summed E-state index contributed by atoms with van der Waals surface area (Å²) >= 11 is 0. The minimum Gasteiger partial charge on any atom is -0.360 e. The van der Waals surface area contributed by atoms with Gasteiger partial charge in [-0.15, -0.1) is 0 Å². The molecule has 184 valence electrons. The third-order valence-electron chi connectivity index (χ3n) is 6.98. The molecule has 0 radical (unpaired) electrons. The Bertz CT molecular complexity index is 1040. The van der Waals surface area contributed by atoms with E-state index in [2.05, 4.69) is 23.9 Å². The van der Waals surface area contributed by atoms with Crippen molar-refractivity contribution >= 4 is 17.5 Å². The molecule has 8 heteroatoms. The summed E-state index contributed by atoms with van der Waals surface area (Å²) in [5.41, 5.74) is 2.61. The molecule has 2 heterocycles. The van der Waals surface area contributed by atoms with Crippen LogP contribution in [0.1, 0.15) is 73.8 Å². The van der Waals surface area contributed by atoms with E-state index in [4.69, 9.17) is 4.52 Å². The van der Waals surface area contributed by atoms with Gasteiger partial charge in [0.15, 0.2) is 5.69 Å². The molecule has 0 bridgehead atoms. The summed E-state index contributed by atoms with van der Waals surface area (Å²) in [4.78, 5) is 32.0. The predicted molar refractivity (Wildman–Crippen MR) is 128 cm³/mol. The largest absolute Gasteiger partial charge is 0.360 e. The number of carbonyl (C=O) groups excluding carboxylic acids is 2. The highest BCUT2D eigenvalue weighted by molar-refractivity contribution is 5.95. The van der Waals surface area contributed by atoms with E-state index >= 15 is 0 Å². The molecule has 4 rings (SSSR count). The maximum Gasteiger partial charge on any atom is 0.276 e. The van der Waals surface area contributed by atoms with Gasteiger partial charge in [0.1, 0.15) is 11.6 Å². The van der Waals surface area contributed by atoms with Crippen molar-refractivity contribution in [2.45, 2.75) is 71.9 Å². The van der Waals surface area contributed by atoms with Crippen molar-refractivity contribution in [3.63, 3.8) is 0 Å². The molecule has 1 aromatic carbocycles. The van der Waals surface area contributed by atoms with E-state index in [0.29, 0.717) is 37.1 Å². The van der Waals surface area contributed by atoms with Gasteiger partial charge in [0.2, 0.25) is 5.91 Å². The molecule has 2 amide bonds. The van der Waals surface area contributed by atoms with E-state index in [9.17, 15) is 14.0 Å². The first-order valence-corrected chi connectivity index (χ1v) is 12.4. The fourth-order valence-corrected chi connectivity index (χ4v) is 5.02. The molecule has 34 heavy (non-hydrogen) atoms. The van der Waals surface area contributed by atoms with E-state index in [1.54, 1.807) is 15.9 Å². The van der Waals surface area contributed by atoms with Crippen molar-refractivity contribution in [1.29, 1.82) is 0 Å². The zero-order valence-electron chi connectivity index (χ0n) is 20.5. The standard InChI is InChI=1S/C26H35FN4O3/c1-18(2)29-12-7-13-31(19(3)32)23-16-21(27)11-10-20(23)17-30(15-14-29)26(33)25-22-8-5-4-6-9-24(22)34-28-25/h10-11,16,18H,4-9,12-15,17H2,1-3H3. The van der Waals surface area contributed by atoms with Crippen LogP contribution in [0.25, 0.3) is 0 Å². The zero-order valence-corrected chi connectivity index (χ0v) is 20.5. The second kappa shape index (κ2) is 10.7. The number of hydrogen-bond acceptors (Lipinski definition) is 5. The lowest BCUT2D eigenvalue weighted by atomic mass is 10.1. The number of fused-ring (bicyclic) bond motifs is 2. The lowest BCUT2D eigenvalue weighted by molar-refractivity contribution is -0.116. The van der Waals surface area contributed by atoms with Crippen LogP contribution in [-0.2, 0) is 24.2 Å². The molecular weight excluding hydrogens is 435 g/mol. The van der Waals surface area contributed by atoms with Crippen molar-refractivity contribution in [3.05, 3.63) is 46.6 Å². The van der Waals surface area contributed by atoms with Crippen molar-refractivity contribution in [2.75, 3.05) is 31.1 Å². The quantitative estimate of drug-likeness (QED) is 0.616. The first-order valence-electron chi connectivity index (χ1n) is 12.4. The smallest absolute Gasteiger partial charge is 0.276 e. The van der Waals surface area contributed by atoms with Crippen LogP contribution in [0.4, 0.5) is 10.1 Å². The number of carbonyl (C=O) groups is 2. The zero-order chi connectivity index (χ0) is 24.2. The van der Waals surface area contributed by atoms with E-state index < -0.39 is 5.82 Å². The molecule has 0 fully saturated rings. The van der Waals surface area contributed by atoms with Crippen molar-refractivity contribution in [1.82, 2.24) is 15.0 Å². The number of aryl methyl sites for hydroxylation is 1. The minimum atomic E-state index is -0.400. The van der Waals surface area contributed by atoms with Gasteiger partial charge in [-0.05, 0) is 57.2 Å². The first kappa shape index (κ1) is 24.4. The molecule has 7 nitrogen and oxygen atoms in total. The van der Waals surface area contributed by atoms with Crippen molar-refractivity contribution < 1.29 is 18.5 Å². The number of hydrogen-bond donors (Lipinski definition) is 0. The maximum atomic E-state index is 14.3. The minimum absolute atomic E-state index is 0.137. The number of aromatic nitrogens is 1. The fourth-order valence-electron chi connectivity index (χ4n) is 5.02. The Morgan fingerprint density at radius 3 is 2.59 bits per heavy atom. The van der Waals surface area contributed by atoms with Gasteiger partial charge in [-0.25, -0.2) is 4.39 Å². The van der Waals surface area contributed by atoms with E-state index in [-0.39, 0.29) is 18.4 Å². The second-order valence-corrected chi connectivity index (χ2v) is 9.65. The molecule has 2 aliphatic rings. The number of benzene rings is 1. The molecule has 0 saturated carbocycles. The summed E-state index contributed by atoms with van der Waals surface area (Å²) in [6.07, 6.45) is 5.55. The van der Waals surface area contributed by atoms with Gasteiger partial charge in [0.25, 0.3) is 5.91 Å². The van der Waals surface area contributed by atoms with Crippen LogP contribution in [0.5, 0.6) is 0 Å². The van der Waals surface area contributed by atoms with Crippen LogP contribution in [-0.4, -0.2) is 59.0 Å². The monoisotopic (exact) mass is 470 g/mol. The highest BCUT2D eigenvalue weighted by Crippen LogP contribution is 2.28. The molecule has 0 spiro atoms. The molecule has 0 saturated heterocycles. The Morgan fingerprint density at radius 2 is 1.82 bits per heavy atom. The second-order valence-electron chi connectivity index (χ2n) is 9.65. The number of halogens is 1. The van der Waals surface area contributed by atoms with Crippen LogP contribution in [0.3, 0.4) is 0 Å². The molecule has 1 aliphatic heterocycles. The van der Waals surface area contributed by atoms with Crippen LogP contribution < -0.4 is 4.90 Å². The van der Waals surface area contributed by atoms with E-state index in [0.717, 1.165) is 62.0 Å². The average molecular weight is 471 g/mol. The third kappa shape index (κ3) is 5.32. The molecule has 0 unspecified atom stereocenters. The summed E-state index contributed by atoms with van der Waals surface area (Å²) in [6.45, 7) is 8.54. The van der Waals surface area contributed by atoms with Gasteiger partial charge < -0.3 is 14.3 Å². The average Bonchev–Trinajstić information content (AvgIpc) is 3.03. The Balaban J connectivity index is 1.72. The normalized spacial score (nSPS) is 18.1. The molecule has 0 N–H and O–H groups in total. The van der Waals surface area contributed by atoms with Gasteiger partial charge in [-0.3, -0.25) is 14.5 Å². The van der Waals surface area contributed by atoms with Gasteiger partial charge in [-0.1, -0.05) is 17.6 Å². The van der Waals surface area contributed by atoms with Gasteiger partial charge in [0, 0.05) is 57.7 Å². The summed E-state index contributed by atoms with van der Waals surface area (Å²) < 4.78 is 19.8. The van der Waals surface area contributed by atoms with Crippen LogP contribution in [0.2, 0.25) is 0 Å². The number of rotatable bonds is 2. The Hall–Kier alpha value is -2.74. The van der Waals surface area contributed by atoms with Gasteiger partial charge >= 0.3 is 0 Å². The third-order valence-corrected chi connectivity index (χ3v) is 6.98.